The lowest BCUT2D eigenvalue weighted by atomic mass is 10.2. The van der Waals surface area contributed by atoms with E-state index in [0.717, 1.165) is 10.6 Å². The number of hydrogen-bond acceptors (Lipinski definition) is 7. The molecule has 0 aliphatic carbocycles. The number of rotatable bonds is 7. The number of hydrogen-bond donors (Lipinski definition) is 1. The number of benzene rings is 2. The average molecular weight is 453 g/mol. The average Bonchev–Trinajstić information content (AvgIpc) is 3.32. The number of nitrogens with one attached hydrogen (secondary N) is 1. The van der Waals surface area contributed by atoms with Crippen LogP contribution < -0.4 is 5.32 Å². The molecule has 2 aromatic carbocycles. The van der Waals surface area contributed by atoms with Gasteiger partial charge in [-0.05, 0) is 41.6 Å². The summed E-state index contributed by atoms with van der Waals surface area (Å²) in [6.45, 7) is 3.84. The summed E-state index contributed by atoms with van der Waals surface area (Å²) < 4.78 is 6.97. The summed E-state index contributed by atoms with van der Waals surface area (Å²) >= 11 is 1.47. The van der Waals surface area contributed by atoms with Gasteiger partial charge in [0, 0.05) is 18.0 Å². The van der Waals surface area contributed by atoms with Crippen LogP contribution in [-0.4, -0.2) is 69.3 Å². The van der Waals surface area contributed by atoms with E-state index in [4.69, 9.17) is 4.74 Å². The first-order valence-corrected chi connectivity index (χ1v) is 11.3. The van der Waals surface area contributed by atoms with Crippen LogP contribution in [0.2, 0.25) is 0 Å². The van der Waals surface area contributed by atoms with Gasteiger partial charge in [0.15, 0.2) is 5.82 Å². The van der Waals surface area contributed by atoms with E-state index in [-0.39, 0.29) is 11.8 Å². The van der Waals surface area contributed by atoms with E-state index >= 15 is 0 Å². The maximum Gasteiger partial charge on any atom is 0.253 e. The number of nitrogens with zero attached hydrogens (tertiary/aromatic N) is 5. The van der Waals surface area contributed by atoms with E-state index in [1.165, 1.54) is 11.8 Å². The third-order valence-corrected chi connectivity index (χ3v) is 6.13. The molecule has 0 saturated carbocycles. The molecule has 1 N–H and O–H groups in total. The molecular weight excluding hydrogens is 428 g/mol. The molecule has 1 saturated heterocycles. The van der Waals surface area contributed by atoms with Gasteiger partial charge in [-0.1, -0.05) is 30.3 Å². The SMILES string of the molecule is CC(NC(=O)c1ccccc1SCc1nnnn1-c1ccccc1)C(=O)N1CCOCC1. The zero-order valence-electron chi connectivity index (χ0n) is 17.7. The second-order valence-electron chi connectivity index (χ2n) is 7.26. The second-order valence-corrected chi connectivity index (χ2v) is 8.28. The Bertz CT molecular complexity index is 1070. The molecular formula is C22H24N6O3S. The molecule has 1 fully saturated rings. The smallest absolute Gasteiger partial charge is 0.253 e. The molecule has 1 atom stereocenters. The van der Waals surface area contributed by atoms with Gasteiger partial charge in [-0.15, -0.1) is 16.9 Å². The van der Waals surface area contributed by atoms with Gasteiger partial charge in [0.1, 0.15) is 6.04 Å². The van der Waals surface area contributed by atoms with Crippen LogP contribution in [0.5, 0.6) is 0 Å². The van der Waals surface area contributed by atoms with E-state index in [1.54, 1.807) is 22.6 Å². The van der Waals surface area contributed by atoms with Crippen LogP contribution in [0.15, 0.2) is 59.5 Å². The Kier molecular flexibility index (Phi) is 7.13. The molecule has 10 heteroatoms. The fourth-order valence-electron chi connectivity index (χ4n) is 3.38. The summed E-state index contributed by atoms with van der Waals surface area (Å²) in [5.74, 6) is 0.764. The molecule has 1 aliphatic heterocycles. The van der Waals surface area contributed by atoms with Crippen molar-refractivity contribution in [2.24, 2.45) is 0 Å². The number of carbonyl (C=O) groups excluding carboxylic acids is 2. The maximum atomic E-state index is 12.9. The van der Waals surface area contributed by atoms with Crippen molar-refractivity contribution in [3.8, 4) is 5.69 Å². The normalized spacial score (nSPS) is 14.7. The number of ether oxygens (including phenoxy) is 1. The zero-order valence-corrected chi connectivity index (χ0v) is 18.5. The molecule has 1 unspecified atom stereocenters. The van der Waals surface area contributed by atoms with Crippen molar-refractivity contribution in [1.29, 1.82) is 0 Å². The fourth-order valence-corrected chi connectivity index (χ4v) is 4.34. The Labute approximate surface area is 190 Å². The highest BCUT2D eigenvalue weighted by Crippen LogP contribution is 2.26. The van der Waals surface area contributed by atoms with Gasteiger partial charge in [-0.3, -0.25) is 9.59 Å². The Balaban J connectivity index is 1.42. The molecule has 4 rings (SSSR count). The van der Waals surface area contributed by atoms with E-state index in [2.05, 4.69) is 20.8 Å². The van der Waals surface area contributed by atoms with Gasteiger partial charge in [0.25, 0.3) is 5.91 Å². The molecule has 0 radical (unpaired) electrons. The molecule has 9 nitrogen and oxygen atoms in total. The van der Waals surface area contributed by atoms with Crippen molar-refractivity contribution in [3.05, 3.63) is 66.0 Å². The first-order chi connectivity index (χ1) is 15.6. The minimum Gasteiger partial charge on any atom is -0.378 e. The highest BCUT2D eigenvalue weighted by atomic mass is 32.2. The summed E-state index contributed by atoms with van der Waals surface area (Å²) in [7, 11) is 0. The summed E-state index contributed by atoms with van der Waals surface area (Å²) in [6.07, 6.45) is 0. The summed E-state index contributed by atoms with van der Waals surface area (Å²) in [5, 5.41) is 14.8. The van der Waals surface area contributed by atoms with Crippen molar-refractivity contribution in [2.45, 2.75) is 23.6 Å². The van der Waals surface area contributed by atoms with Crippen LogP contribution in [-0.2, 0) is 15.3 Å². The van der Waals surface area contributed by atoms with Crippen molar-refractivity contribution < 1.29 is 14.3 Å². The third-order valence-electron chi connectivity index (χ3n) is 5.06. The second kappa shape index (κ2) is 10.4. The van der Waals surface area contributed by atoms with Crippen molar-refractivity contribution >= 4 is 23.6 Å². The van der Waals surface area contributed by atoms with Crippen molar-refractivity contribution in [3.63, 3.8) is 0 Å². The quantitative estimate of drug-likeness (QED) is 0.547. The monoisotopic (exact) mass is 452 g/mol. The highest BCUT2D eigenvalue weighted by Gasteiger charge is 2.25. The van der Waals surface area contributed by atoms with Crippen LogP contribution in [0.3, 0.4) is 0 Å². The predicted molar refractivity (Wildman–Crippen MR) is 119 cm³/mol. The van der Waals surface area contributed by atoms with Crippen LogP contribution in [0.1, 0.15) is 23.1 Å². The molecule has 1 aliphatic rings. The van der Waals surface area contributed by atoms with Gasteiger partial charge >= 0.3 is 0 Å². The molecule has 166 valence electrons. The number of thioether (sulfide) groups is 1. The van der Waals surface area contributed by atoms with Crippen LogP contribution in [0.25, 0.3) is 5.69 Å². The number of morpholine rings is 1. The molecule has 2 amide bonds. The molecule has 2 heterocycles. The predicted octanol–water partition coefficient (Wildman–Crippen LogP) is 1.93. The topological polar surface area (TPSA) is 102 Å². The number of amides is 2. The Morgan fingerprint density at radius 3 is 2.59 bits per heavy atom. The minimum atomic E-state index is -0.621. The number of carbonyl (C=O) groups is 2. The van der Waals surface area contributed by atoms with Crippen molar-refractivity contribution in [1.82, 2.24) is 30.4 Å². The summed E-state index contributed by atoms with van der Waals surface area (Å²) in [4.78, 5) is 28.1. The Morgan fingerprint density at radius 1 is 1.09 bits per heavy atom. The minimum absolute atomic E-state index is 0.103. The number of tetrazole rings is 1. The molecule has 3 aromatic rings. The van der Waals surface area contributed by atoms with Crippen LogP contribution >= 0.6 is 11.8 Å². The first-order valence-electron chi connectivity index (χ1n) is 10.4. The number of para-hydroxylation sites is 1. The van der Waals surface area contributed by atoms with Gasteiger partial charge in [0.2, 0.25) is 5.91 Å². The molecule has 0 spiro atoms. The lowest BCUT2D eigenvalue weighted by Gasteiger charge is -2.29. The fraction of sp³-hybridized carbons (Fsp3) is 0.318. The maximum absolute atomic E-state index is 12.9. The standard InChI is InChI=1S/C22H24N6O3S/c1-16(22(30)27-11-13-31-14-12-27)23-21(29)18-9-5-6-10-19(18)32-15-20-24-25-26-28(20)17-7-3-2-4-8-17/h2-10,16H,11-15H2,1H3,(H,23,29). The zero-order chi connectivity index (χ0) is 22.3. The summed E-state index contributed by atoms with van der Waals surface area (Å²) in [5.41, 5.74) is 1.38. The van der Waals surface area contributed by atoms with Crippen molar-refractivity contribution in [2.75, 3.05) is 26.3 Å². The summed E-state index contributed by atoms with van der Waals surface area (Å²) in [6, 6.07) is 16.3. The Hall–Kier alpha value is -3.24. The number of aromatic nitrogens is 4. The molecule has 1 aromatic heterocycles. The lowest BCUT2D eigenvalue weighted by molar-refractivity contribution is -0.136. The van der Waals surface area contributed by atoms with Crippen LogP contribution in [0, 0.1) is 0 Å². The Morgan fingerprint density at radius 2 is 1.81 bits per heavy atom. The molecule has 0 bridgehead atoms. The largest absolute Gasteiger partial charge is 0.378 e. The van der Waals surface area contributed by atoms with E-state index in [1.807, 2.05) is 48.5 Å². The van der Waals surface area contributed by atoms with E-state index < -0.39 is 6.04 Å². The highest BCUT2D eigenvalue weighted by molar-refractivity contribution is 7.98. The first kappa shape index (κ1) is 22.0. The van der Waals surface area contributed by atoms with Gasteiger partial charge < -0.3 is 15.0 Å². The van der Waals surface area contributed by atoms with Gasteiger partial charge in [0.05, 0.1) is 30.2 Å². The molecule has 32 heavy (non-hydrogen) atoms. The van der Waals surface area contributed by atoms with Gasteiger partial charge in [-0.25, -0.2) is 0 Å². The third kappa shape index (κ3) is 5.14. The lowest BCUT2D eigenvalue weighted by Crippen LogP contribution is -2.50. The van der Waals surface area contributed by atoms with Crippen LogP contribution in [0.4, 0.5) is 0 Å². The van der Waals surface area contributed by atoms with E-state index in [0.29, 0.717) is 43.4 Å². The van der Waals surface area contributed by atoms with E-state index in [9.17, 15) is 9.59 Å². The van der Waals surface area contributed by atoms with Gasteiger partial charge in [-0.2, -0.15) is 4.68 Å².